The van der Waals surface area contributed by atoms with Gasteiger partial charge in [0.15, 0.2) is 6.04 Å². The maximum Gasteiger partial charge on any atom is 0.216 e. The topological polar surface area (TPSA) is 40.5 Å². The maximum atomic E-state index is 13.8. The van der Waals surface area contributed by atoms with Gasteiger partial charge in [-0.3, -0.25) is 0 Å². The van der Waals surface area contributed by atoms with Crippen molar-refractivity contribution in [1.29, 1.82) is 0 Å². The Morgan fingerprint density at radius 1 is 1.05 bits per heavy atom. The van der Waals surface area contributed by atoms with Crippen LogP contribution >= 0.6 is 0 Å². The number of hydrogen-bond acceptors (Lipinski definition) is 1. The third-order valence-corrected chi connectivity index (χ3v) is 3.08. The van der Waals surface area contributed by atoms with Crippen molar-refractivity contribution in [2.24, 2.45) is 0 Å². The molecule has 0 aliphatic rings. The summed E-state index contributed by atoms with van der Waals surface area (Å²) in [7, 11) is 0. The molecule has 0 amide bonds. The van der Waals surface area contributed by atoms with Gasteiger partial charge < -0.3 is 18.1 Å². The number of quaternary nitrogens is 1. The molecule has 102 valence electrons. The van der Waals surface area contributed by atoms with Crippen molar-refractivity contribution in [3.63, 3.8) is 0 Å². The maximum absolute atomic E-state index is 13.8. The van der Waals surface area contributed by atoms with Crippen molar-refractivity contribution in [3.05, 3.63) is 65.2 Å². The van der Waals surface area contributed by atoms with Crippen LogP contribution in [-0.2, 0) is 0 Å². The van der Waals surface area contributed by atoms with E-state index in [9.17, 15) is 4.39 Å². The van der Waals surface area contributed by atoms with E-state index < -0.39 is 0 Å². The van der Waals surface area contributed by atoms with Crippen LogP contribution in [0.15, 0.2) is 42.5 Å². The van der Waals surface area contributed by atoms with Gasteiger partial charge in [-0.1, -0.05) is 50.2 Å². The molecule has 0 spiro atoms. The molecule has 3 N–H and O–H groups in total. The molecule has 19 heavy (non-hydrogen) atoms. The first-order valence-corrected chi connectivity index (χ1v) is 6.14. The predicted octanol–water partition coefficient (Wildman–Crippen LogP) is -0.321. The summed E-state index contributed by atoms with van der Waals surface area (Å²) >= 11 is 0. The minimum atomic E-state index is -0.382. The van der Waals surface area contributed by atoms with E-state index in [0.29, 0.717) is 11.3 Å². The molecule has 0 aliphatic carbocycles. The lowest BCUT2D eigenvalue weighted by molar-refractivity contribution is -0.412. The largest absolute Gasteiger partial charge is 1.00 e. The molecule has 0 unspecified atom stereocenters. The fourth-order valence-electron chi connectivity index (χ4n) is 1.94. The number of halogens is 2. The van der Waals surface area contributed by atoms with Crippen molar-refractivity contribution in [3.8, 4) is 0 Å². The SMILES string of the molecule is CC(C)c1ccc([C@@H]([NH3+])c2ccccc2)nc1F.[Cl-]. The van der Waals surface area contributed by atoms with E-state index >= 15 is 0 Å². The van der Waals surface area contributed by atoms with Gasteiger partial charge in [0.2, 0.25) is 5.95 Å². The average Bonchev–Trinajstić information content (AvgIpc) is 2.38. The zero-order chi connectivity index (χ0) is 13.1. The highest BCUT2D eigenvalue weighted by atomic mass is 35.5. The van der Waals surface area contributed by atoms with E-state index in [1.165, 1.54) is 0 Å². The molecule has 2 rings (SSSR count). The first-order valence-electron chi connectivity index (χ1n) is 6.14. The van der Waals surface area contributed by atoms with Gasteiger partial charge in [0.05, 0.1) is 0 Å². The molecule has 4 heteroatoms. The van der Waals surface area contributed by atoms with Crippen LogP contribution in [0.4, 0.5) is 4.39 Å². The van der Waals surface area contributed by atoms with Crippen molar-refractivity contribution in [2.45, 2.75) is 25.8 Å². The highest BCUT2D eigenvalue weighted by Crippen LogP contribution is 2.21. The zero-order valence-electron chi connectivity index (χ0n) is 11.1. The van der Waals surface area contributed by atoms with Crippen LogP contribution in [0.5, 0.6) is 0 Å². The normalized spacial score (nSPS) is 12.1. The molecule has 0 fully saturated rings. The quantitative estimate of drug-likeness (QED) is 0.769. The second kappa shape index (κ2) is 6.64. The first kappa shape index (κ1) is 15.6. The lowest BCUT2D eigenvalue weighted by Crippen LogP contribution is -3.00. The number of rotatable bonds is 3. The van der Waals surface area contributed by atoms with Crippen LogP contribution in [0, 0.1) is 5.95 Å². The smallest absolute Gasteiger partial charge is 0.216 e. The Morgan fingerprint density at radius 2 is 1.68 bits per heavy atom. The molecule has 0 saturated carbocycles. The molecule has 1 aromatic heterocycles. The Morgan fingerprint density at radius 3 is 2.21 bits per heavy atom. The molecule has 2 nitrogen and oxygen atoms in total. The molecule has 0 bridgehead atoms. The monoisotopic (exact) mass is 280 g/mol. The van der Waals surface area contributed by atoms with E-state index in [-0.39, 0.29) is 30.3 Å². The van der Waals surface area contributed by atoms with Gasteiger partial charge in [0.25, 0.3) is 0 Å². The third kappa shape index (κ3) is 3.52. The molecule has 0 saturated heterocycles. The number of pyridine rings is 1. The van der Waals surface area contributed by atoms with Gasteiger partial charge >= 0.3 is 0 Å². The molecule has 1 heterocycles. The second-order valence-electron chi connectivity index (χ2n) is 4.73. The van der Waals surface area contributed by atoms with Gasteiger partial charge in [-0.2, -0.15) is 4.39 Å². The summed E-state index contributed by atoms with van der Waals surface area (Å²) in [5.74, 6) is -0.237. The molecule has 1 atom stereocenters. The van der Waals surface area contributed by atoms with E-state index in [2.05, 4.69) is 10.7 Å². The molecule has 1 aromatic carbocycles. The number of aromatic nitrogens is 1. The minimum absolute atomic E-state index is 0. The average molecular weight is 281 g/mol. The second-order valence-corrected chi connectivity index (χ2v) is 4.73. The van der Waals surface area contributed by atoms with E-state index in [1.807, 2.05) is 56.3 Å². The van der Waals surface area contributed by atoms with Gasteiger partial charge in [-0.05, 0) is 12.0 Å². The Kier molecular flexibility index (Phi) is 5.45. The highest BCUT2D eigenvalue weighted by molar-refractivity contribution is 5.27. The van der Waals surface area contributed by atoms with Crippen LogP contribution in [-0.4, -0.2) is 4.98 Å². The lowest BCUT2D eigenvalue weighted by Gasteiger charge is -2.11. The van der Waals surface area contributed by atoms with Crippen LogP contribution in [0.2, 0.25) is 0 Å². The lowest BCUT2D eigenvalue weighted by atomic mass is 10.0. The van der Waals surface area contributed by atoms with E-state index in [4.69, 9.17) is 0 Å². The van der Waals surface area contributed by atoms with Crippen molar-refractivity contribution in [1.82, 2.24) is 4.98 Å². The van der Waals surface area contributed by atoms with Crippen LogP contribution < -0.4 is 18.1 Å². The zero-order valence-corrected chi connectivity index (χ0v) is 11.9. The Hall–Kier alpha value is -1.45. The molecule has 0 aliphatic heterocycles. The molecular weight excluding hydrogens is 263 g/mol. The van der Waals surface area contributed by atoms with Crippen LogP contribution in [0.25, 0.3) is 0 Å². The fourth-order valence-corrected chi connectivity index (χ4v) is 1.94. The van der Waals surface area contributed by atoms with Gasteiger partial charge in [0, 0.05) is 11.1 Å². The number of nitrogens with zero attached hydrogens (tertiary/aromatic N) is 1. The van der Waals surface area contributed by atoms with E-state index in [1.54, 1.807) is 0 Å². The molecule has 0 radical (unpaired) electrons. The summed E-state index contributed by atoms with van der Waals surface area (Å²) in [4.78, 5) is 4.04. The standard InChI is InChI=1S/C15H17FN2.ClH/c1-10(2)12-8-9-13(18-15(12)16)14(17)11-6-4-3-5-7-11;/h3-10,14H,17H2,1-2H3;1H/t14-;/m0./s1. The fraction of sp³-hybridized carbons (Fsp3) is 0.267. The highest BCUT2D eigenvalue weighted by Gasteiger charge is 2.16. The minimum Gasteiger partial charge on any atom is -1.00 e. The first-order chi connectivity index (χ1) is 8.59. The van der Waals surface area contributed by atoms with Gasteiger partial charge in [-0.25, -0.2) is 4.98 Å². The van der Waals surface area contributed by atoms with Crippen LogP contribution in [0.1, 0.15) is 42.6 Å². The summed E-state index contributed by atoms with van der Waals surface area (Å²) in [6.45, 7) is 3.91. The summed E-state index contributed by atoms with van der Waals surface area (Å²) in [6, 6.07) is 13.3. The number of hydrogen-bond donors (Lipinski definition) is 1. The van der Waals surface area contributed by atoms with Gasteiger partial charge in [0.1, 0.15) is 5.69 Å². The Bertz CT molecular complexity index is 529. The third-order valence-electron chi connectivity index (χ3n) is 3.08. The van der Waals surface area contributed by atoms with Crippen molar-refractivity contribution in [2.75, 3.05) is 0 Å². The Labute approximate surface area is 119 Å². The van der Waals surface area contributed by atoms with Crippen molar-refractivity contribution < 1.29 is 22.5 Å². The summed E-state index contributed by atoms with van der Waals surface area (Å²) < 4.78 is 13.8. The molecule has 2 aromatic rings. The van der Waals surface area contributed by atoms with Gasteiger partial charge in [-0.15, -0.1) is 0 Å². The Balaban J connectivity index is 0.00000180. The summed E-state index contributed by atoms with van der Waals surface area (Å²) in [5, 5.41) is 0. The summed E-state index contributed by atoms with van der Waals surface area (Å²) in [5.41, 5.74) is 6.43. The summed E-state index contributed by atoms with van der Waals surface area (Å²) in [6.07, 6.45) is 0. The predicted molar refractivity (Wildman–Crippen MR) is 69.5 cm³/mol. The van der Waals surface area contributed by atoms with E-state index in [0.717, 1.165) is 5.56 Å². The number of benzene rings is 1. The van der Waals surface area contributed by atoms with Crippen molar-refractivity contribution >= 4 is 0 Å². The molecular formula is C15H18ClFN2. The van der Waals surface area contributed by atoms with Crippen LogP contribution in [0.3, 0.4) is 0 Å².